The van der Waals surface area contributed by atoms with Crippen LogP contribution in [0.15, 0.2) is 35.1 Å². The van der Waals surface area contributed by atoms with Crippen molar-refractivity contribution in [1.29, 1.82) is 5.26 Å². The molecule has 17 heavy (non-hydrogen) atoms. The molecule has 0 amide bonds. The average molecular weight is 227 g/mol. The fraction of sp³-hybridized carbons (Fsp3) is 0.231. The maximum Gasteiger partial charge on any atom is 0.146 e. The summed E-state index contributed by atoms with van der Waals surface area (Å²) < 4.78 is 5.02. The molecule has 0 saturated heterocycles. The lowest BCUT2D eigenvalue weighted by molar-refractivity contribution is 0.563. The van der Waals surface area contributed by atoms with Gasteiger partial charge in [0.2, 0.25) is 0 Å². The Morgan fingerprint density at radius 2 is 2.24 bits per heavy atom. The summed E-state index contributed by atoms with van der Waals surface area (Å²) in [4.78, 5) is 6.34. The van der Waals surface area contributed by atoms with Crippen molar-refractivity contribution in [3.8, 4) is 6.07 Å². The van der Waals surface area contributed by atoms with Crippen LogP contribution < -0.4 is 4.90 Å². The highest BCUT2D eigenvalue weighted by atomic mass is 16.3. The van der Waals surface area contributed by atoms with Gasteiger partial charge < -0.3 is 9.32 Å². The third-order valence-corrected chi connectivity index (χ3v) is 2.50. The number of pyridine rings is 1. The smallest absolute Gasteiger partial charge is 0.146 e. The molecule has 0 N–H and O–H groups in total. The molecule has 0 bridgehead atoms. The van der Waals surface area contributed by atoms with E-state index in [0.29, 0.717) is 17.9 Å². The second-order valence-corrected chi connectivity index (χ2v) is 3.92. The van der Waals surface area contributed by atoms with E-state index < -0.39 is 0 Å². The Labute approximate surface area is 100 Å². The predicted octanol–water partition coefficient (Wildman–Crippen LogP) is 2.49. The van der Waals surface area contributed by atoms with Crippen molar-refractivity contribution >= 4 is 5.82 Å². The Bertz CT molecular complexity index is 540. The van der Waals surface area contributed by atoms with Crippen molar-refractivity contribution < 1.29 is 4.42 Å². The van der Waals surface area contributed by atoms with Crippen LogP contribution >= 0.6 is 0 Å². The van der Waals surface area contributed by atoms with Gasteiger partial charge >= 0.3 is 0 Å². The highest BCUT2D eigenvalue weighted by molar-refractivity contribution is 5.54. The maximum absolute atomic E-state index is 9.05. The monoisotopic (exact) mass is 227 g/mol. The van der Waals surface area contributed by atoms with E-state index in [1.165, 1.54) is 0 Å². The lowest BCUT2D eigenvalue weighted by atomic mass is 10.2. The minimum absolute atomic E-state index is 0.585. The molecule has 0 aromatic carbocycles. The fourth-order valence-corrected chi connectivity index (χ4v) is 1.65. The van der Waals surface area contributed by atoms with Gasteiger partial charge in [0.1, 0.15) is 11.9 Å². The number of aromatic nitrogens is 1. The first-order valence-electron chi connectivity index (χ1n) is 5.30. The van der Waals surface area contributed by atoms with Crippen molar-refractivity contribution in [2.45, 2.75) is 13.5 Å². The number of rotatable bonds is 3. The summed E-state index contributed by atoms with van der Waals surface area (Å²) in [5, 5.41) is 9.05. The predicted molar refractivity (Wildman–Crippen MR) is 64.5 cm³/mol. The molecule has 2 aromatic heterocycles. The SMILES string of the molecule is Cc1ccc(C#N)c(N(C)Cc2ccoc2)n1. The molecular formula is C13H13N3O. The lowest BCUT2D eigenvalue weighted by Crippen LogP contribution is -2.18. The molecule has 2 heterocycles. The Morgan fingerprint density at radius 3 is 2.88 bits per heavy atom. The summed E-state index contributed by atoms with van der Waals surface area (Å²) in [6.07, 6.45) is 3.33. The topological polar surface area (TPSA) is 53.1 Å². The largest absolute Gasteiger partial charge is 0.472 e. The summed E-state index contributed by atoms with van der Waals surface area (Å²) in [7, 11) is 1.91. The van der Waals surface area contributed by atoms with E-state index in [4.69, 9.17) is 9.68 Å². The molecule has 2 aromatic rings. The van der Waals surface area contributed by atoms with Gasteiger partial charge in [-0.25, -0.2) is 4.98 Å². The molecule has 0 saturated carbocycles. The van der Waals surface area contributed by atoms with Crippen LogP contribution in [0.3, 0.4) is 0 Å². The third-order valence-electron chi connectivity index (χ3n) is 2.50. The Morgan fingerprint density at radius 1 is 1.41 bits per heavy atom. The molecular weight excluding hydrogens is 214 g/mol. The molecule has 0 unspecified atom stereocenters. The first kappa shape index (κ1) is 11.2. The Balaban J connectivity index is 2.27. The molecule has 0 radical (unpaired) electrons. The van der Waals surface area contributed by atoms with Gasteiger partial charge in [0.25, 0.3) is 0 Å². The molecule has 0 fully saturated rings. The number of furan rings is 1. The summed E-state index contributed by atoms with van der Waals surface area (Å²) in [6.45, 7) is 2.58. The van der Waals surface area contributed by atoms with E-state index in [-0.39, 0.29) is 0 Å². The second kappa shape index (κ2) is 4.71. The normalized spacial score (nSPS) is 9.94. The highest BCUT2D eigenvalue weighted by Gasteiger charge is 2.10. The van der Waals surface area contributed by atoms with Gasteiger partial charge in [0.15, 0.2) is 0 Å². The summed E-state index contributed by atoms with van der Waals surface area (Å²) >= 11 is 0. The van der Waals surface area contributed by atoms with E-state index in [1.54, 1.807) is 18.6 Å². The number of anilines is 1. The van der Waals surface area contributed by atoms with Gasteiger partial charge in [-0.2, -0.15) is 5.26 Å². The number of nitrogens with zero attached hydrogens (tertiary/aromatic N) is 3. The first-order valence-corrected chi connectivity index (χ1v) is 5.30. The van der Waals surface area contributed by atoms with Gasteiger partial charge in [-0.15, -0.1) is 0 Å². The molecule has 0 aliphatic carbocycles. The molecule has 4 nitrogen and oxygen atoms in total. The Hall–Kier alpha value is -2.28. The zero-order valence-corrected chi connectivity index (χ0v) is 9.84. The fourth-order valence-electron chi connectivity index (χ4n) is 1.65. The minimum Gasteiger partial charge on any atom is -0.472 e. The van der Waals surface area contributed by atoms with Gasteiger partial charge in [-0.05, 0) is 25.1 Å². The van der Waals surface area contributed by atoms with E-state index >= 15 is 0 Å². The van der Waals surface area contributed by atoms with E-state index in [0.717, 1.165) is 11.3 Å². The van der Waals surface area contributed by atoms with Gasteiger partial charge in [0.05, 0.1) is 18.1 Å². The van der Waals surface area contributed by atoms with Crippen molar-refractivity contribution in [3.63, 3.8) is 0 Å². The van der Waals surface area contributed by atoms with Crippen LogP contribution in [0.25, 0.3) is 0 Å². The molecule has 2 rings (SSSR count). The molecule has 0 spiro atoms. The summed E-state index contributed by atoms with van der Waals surface area (Å²) in [6, 6.07) is 7.69. The standard InChI is InChI=1S/C13H13N3O/c1-10-3-4-12(7-14)13(15-10)16(2)8-11-5-6-17-9-11/h3-6,9H,8H2,1-2H3. The summed E-state index contributed by atoms with van der Waals surface area (Å²) in [5.41, 5.74) is 2.54. The summed E-state index contributed by atoms with van der Waals surface area (Å²) in [5.74, 6) is 0.703. The van der Waals surface area contributed by atoms with Crippen molar-refractivity contribution in [1.82, 2.24) is 4.98 Å². The maximum atomic E-state index is 9.05. The van der Waals surface area contributed by atoms with Crippen LogP contribution in [0.4, 0.5) is 5.82 Å². The van der Waals surface area contributed by atoms with Crippen LogP contribution in [0.2, 0.25) is 0 Å². The number of nitriles is 1. The first-order chi connectivity index (χ1) is 8.20. The van der Waals surface area contributed by atoms with E-state index in [1.807, 2.05) is 31.0 Å². The number of aryl methyl sites for hydroxylation is 1. The minimum atomic E-state index is 0.585. The highest BCUT2D eigenvalue weighted by Crippen LogP contribution is 2.18. The molecule has 86 valence electrons. The van der Waals surface area contributed by atoms with Crippen molar-refractivity contribution in [2.24, 2.45) is 0 Å². The quantitative estimate of drug-likeness (QED) is 0.808. The van der Waals surface area contributed by atoms with Gasteiger partial charge in [-0.3, -0.25) is 0 Å². The van der Waals surface area contributed by atoms with Crippen LogP contribution in [-0.2, 0) is 6.54 Å². The molecule has 0 atom stereocenters. The third kappa shape index (κ3) is 2.45. The van der Waals surface area contributed by atoms with Crippen molar-refractivity contribution in [3.05, 3.63) is 47.5 Å². The van der Waals surface area contributed by atoms with Gasteiger partial charge in [-0.1, -0.05) is 0 Å². The average Bonchev–Trinajstić information content (AvgIpc) is 2.81. The Kier molecular flexibility index (Phi) is 3.10. The van der Waals surface area contributed by atoms with Crippen LogP contribution in [0.5, 0.6) is 0 Å². The van der Waals surface area contributed by atoms with Crippen molar-refractivity contribution in [2.75, 3.05) is 11.9 Å². The van der Waals surface area contributed by atoms with Gasteiger partial charge in [0, 0.05) is 24.8 Å². The molecule has 0 aliphatic rings. The zero-order chi connectivity index (χ0) is 12.3. The van der Waals surface area contributed by atoms with Crippen LogP contribution in [0, 0.1) is 18.3 Å². The van der Waals surface area contributed by atoms with E-state index in [2.05, 4.69) is 11.1 Å². The van der Waals surface area contributed by atoms with Crippen LogP contribution in [0.1, 0.15) is 16.8 Å². The zero-order valence-electron chi connectivity index (χ0n) is 9.84. The number of hydrogen-bond donors (Lipinski definition) is 0. The number of hydrogen-bond acceptors (Lipinski definition) is 4. The lowest BCUT2D eigenvalue weighted by Gasteiger charge is -2.18. The van der Waals surface area contributed by atoms with E-state index in [9.17, 15) is 0 Å². The molecule has 0 aliphatic heterocycles. The van der Waals surface area contributed by atoms with Crippen LogP contribution in [-0.4, -0.2) is 12.0 Å². The molecule has 4 heteroatoms. The second-order valence-electron chi connectivity index (χ2n) is 3.92.